The second-order valence-corrected chi connectivity index (χ2v) is 10.2. The first-order valence-corrected chi connectivity index (χ1v) is 13.0. The predicted molar refractivity (Wildman–Crippen MR) is 147 cm³/mol. The minimum absolute atomic E-state index is 0.163. The van der Waals surface area contributed by atoms with E-state index in [-0.39, 0.29) is 23.4 Å². The first kappa shape index (κ1) is 27.8. The van der Waals surface area contributed by atoms with Crippen LogP contribution in [0.1, 0.15) is 77.6 Å². The third-order valence-corrected chi connectivity index (χ3v) is 6.86. The molecule has 0 aliphatic carbocycles. The first-order valence-electron chi connectivity index (χ1n) is 13.0. The quantitative estimate of drug-likeness (QED) is 0.242. The van der Waals surface area contributed by atoms with Crippen molar-refractivity contribution >= 4 is 0 Å². The molecule has 0 spiro atoms. The lowest BCUT2D eigenvalue weighted by atomic mass is 9.73. The second kappa shape index (κ2) is 11.9. The molecular weight excluding hydrogens is 448 g/mol. The van der Waals surface area contributed by atoms with Crippen molar-refractivity contribution in [1.82, 2.24) is 0 Å². The van der Waals surface area contributed by atoms with Gasteiger partial charge in [-0.15, -0.1) is 0 Å². The van der Waals surface area contributed by atoms with Crippen molar-refractivity contribution in [1.29, 1.82) is 0 Å². The van der Waals surface area contributed by atoms with Crippen molar-refractivity contribution in [2.75, 3.05) is 13.2 Å². The fourth-order valence-electron chi connectivity index (χ4n) is 4.45. The van der Waals surface area contributed by atoms with E-state index in [0.29, 0.717) is 13.2 Å². The highest BCUT2D eigenvalue weighted by atomic mass is 16.7. The smallest absolute Gasteiger partial charge is 0.196 e. The van der Waals surface area contributed by atoms with E-state index in [1.54, 1.807) is 0 Å². The summed E-state index contributed by atoms with van der Waals surface area (Å²) in [6.45, 7) is 18.1. The number of ether oxygens (including phenoxy) is 4. The number of benzene rings is 3. The van der Waals surface area contributed by atoms with Crippen LogP contribution in [0.2, 0.25) is 0 Å². The van der Waals surface area contributed by atoms with E-state index in [2.05, 4.69) is 76.2 Å². The summed E-state index contributed by atoms with van der Waals surface area (Å²) in [6, 6.07) is 25.6. The molecule has 3 aromatic rings. The Labute approximate surface area is 217 Å². The van der Waals surface area contributed by atoms with E-state index in [9.17, 15) is 0 Å². The van der Waals surface area contributed by atoms with Gasteiger partial charge in [0.15, 0.2) is 12.6 Å². The summed E-state index contributed by atoms with van der Waals surface area (Å²) in [5.41, 5.74) is 4.69. The van der Waals surface area contributed by atoms with Crippen molar-refractivity contribution in [3.8, 4) is 11.5 Å². The summed E-state index contributed by atoms with van der Waals surface area (Å²) in [5, 5.41) is 0. The second-order valence-electron chi connectivity index (χ2n) is 10.2. The van der Waals surface area contributed by atoms with Gasteiger partial charge >= 0.3 is 0 Å². The summed E-state index contributed by atoms with van der Waals surface area (Å²) in [4.78, 5) is 0. The zero-order chi connectivity index (χ0) is 26.3. The average molecular weight is 491 g/mol. The van der Waals surface area contributed by atoms with Gasteiger partial charge in [0.1, 0.15) is 11.5 Å². The third kappa shape index (κ3) is 6.68. The Bertz CT molecular complexity index is 999. The van der Waals surface area contributed by atoms with E-state index < -0.39 is 0 Å². The van der Waals surface area contributed by atoms with Crippen LogP contribution in [0.25, 0.3) is 0 Å². The highest BCUT2D eigenvalue weighted by Gasteiger charge is 2.28. The van der Waals surface area contributed by atoms with Crippen molar-refractivity contribution in [3.63, 3.8) is 0 Å². The lowest BCUT2D eigenvalue weighted by Crippen LogP contribution is -2.23. The van der Waals surface area contributed by atoms with Gasteiger partial charge in [0.2, 0.25) is 0 Å². The van der Waals surface area contributed by atoms with Gasteiger partial charge in [0, 0.05) is 24.0 Å². The number of hydrogen-bond acceptors (Lipinski definition) is 4. The fourth-order valence-corrected chi connectivity index (χ4v) is 4.45. The summed E-state index contributed by atoms with van der Waals surface area (Å²) in [5.74, 6) is 1.63. The molecule has 36 heavy (non-hydrogen) atoms. The maximum absolute atomic E-state index is 5.84. The summed E-state index contributed by atoms with van der Waals surface area (Å²) in [7, 11) is 0. The third-order valence-electron chi connectivity index (χ3n) is 6.86. The molecule has 0 saturated heterocycles. The van der Waals surface area contributed by atoms with Crippen LogP contribution in [0.5, 0.6) is 11.5 Å². The molecule has 0 N–H and O–H groups in total. The topological polar surface area (TPSA) is 36.9 Å². The maximum Gasteiger partial charge on any atom is 0.196 e. The first-order chi connectivity index (χ1) is 17.1. The lowest BCUT2D eigenvalue weighted by molar-refractivity contribution is -0.0616. The fraction of sp³-hybridized carbons (Fsp3) is 0.438. The van der Waals surface area contributed by atoms with Crippen LogP contribution in [-0.4, -0.2) is 25.8 Å². The molecule has 2 unspecified atom stereocenters. The molecule has 4 heteroatoms. The van der Waals surface area contributed by atoms with Gasteiger partial charge < -0.3 is 18.9 Å². The largest absolute Gasteiger partial charge is 0.465 e. The van der Waals surface area contributed by atoms with Crippen LogP contribution in [0.3, 0.4) is 0 Å². The predicted octanol–water partition coefficient (Wildman–Crippen LogP) is 7.86. The van der Waals surface area contributed by atoms with E-state index in [1.165, 1.54) is 22.3 Å². The Morgan fingerprint density at radius 1 is 0.556 bits per heavy atom. The lowest BCUT2D eigenvalue weighted by Gasteiger charge is -2.31. The van der Waals surface area contributed by atoms with E-state index >= 15 is 0 Å². The molecule has 3 rings (SSSR count). The molecule has 0 saturated carbocycles. The van der Waals surface area contributed by atoms with E-state index in [4.69, 9.17) is 18.9 Å². The summed E-state index contributed by atoms with van der Waals surface area (Å²) >= 11 is 0. The van der Waals surface area contributed by atoms with Crippen LogP contribution < -0.4 is 9.47 Å². The molecule has 194 valence electrons. The van der Waals surface area contributed by atoms with Gasteiger partial charge in [-0.3, -0.25) is 0 Å². The normalized spacial score (nSPS) is 13.8. The minimum Gasteiger partial charge on any atom is -0.465 e. The zero-order valence-corrected chi connectivity index (χ0v) is 23.1. The minimum atomic E-state index is -0.263. The highest BCUT2D eigenvalue weighted by Crippen LogP contribution is 2.37. The molecule has 0 bridgehead atoms. The molecule has 0 fully saturated rings. The zero-order valence-electron chi connectivity index (χ0n) is 23.1. The molecule has 0 amide bonds. The van der Waals surface area contributed by atoms with Gasteiger partial charge in [-0.2, -0.15) is 0 Å². The van der Waals surface area contributed by atoms with Gasteiger partial charge in [-0.1, -0.05) is 76.2 Å². The molecule has 0 heterocycles. The standard InChI is InChI=1S/C32H42O4/c1-9-33-23(3)35-29-18-14-25(15-19-29)31(5,6)27-12-11-13-28(22-27)32(7,8)26-16-20-30(21-17-26)36-24(4)34-10-2/h11-24H,9-10H2,1-8H3. The van der Waals surface area contributed by atoms with Crippen molar-refractivity contribution in [3.05, 3.63) is 95.1 Å². The van der Waals surface area contributed by atoms with Crippen LogP contribution >= 0.6 is 0 Å². The van der Waals surface area contributed by atoms with Gasteiger partial charge in [-0.05, 0) is 74.2 Å². The molecule has 2 atom stereocenters. The Balaban J connectivity index is 1.80. The molecule has 0 aliphatic heterocycles. The van der Waals surface area contributed by atoms with Crippen molar-refractivity contribution in [2.45, 2.75) is 78.8 Å². The van der Waals surface area contributed by atoms with Crippen LogP contribution in [0.4, 0.5) is 0 Å². The van der Waals surface area contributed by atoms with Crippen molar-refractivity contribution in [2.24, 2.45) is 0 Å². The van der Waals surface area contributed by atoms with Gasteiger partial charge in [0.25, 0.3) is 0 Å². The Kier molecular flexibility index (Phi) is 9.21. The van der Waals surface area contributed by atoms with Crippen LogP contribution in [0.15, 0.2) is 72.8 Å². The maximum atomic E-state index is 5.84. The monoisotopic (exact) mass is 490 g/mol. The van der Waals surface area contributed by atoms with Crippen LogP contribution in [0, 0.1) is 0 Å². The van der Waals surface area contributed by atoms with Crippen molar-refractivity contribution < 1.29 is 18.9 Å². The number of rotatable bonds is 12. The summed E-state index contributed by atoms with van der Waals surface area (Å²) < 4.78 is 22.7. The molecule has 0 aliphatic rings. The molecule has 3 aromatic carbocycles. The molecule has 0 radical (unpaired) electrons. The van der Waals surface area contributed by atoms with E-state index in [1.807, 2.05) is 52.0 Å². The number of hydrogen-bond donors (Lipinski definition) is 0. The SMILES string of the molecule is CCOC(C)Oc1ccc(C(C)(C)c2cccc(C(C)(C)c3ccc(OC(C)OCC)cc3)c2)cc1. The van der Waals surface area contributed by atoms with Gasteiger partial charge in [-0.25, -0.2) is 0 Å². The molecular formula is C32H42O4. The molecule has 4 nitrogen and oxygen atoms in total. The Morgan fingerprint density at radius 2 is 0.917 bits per heavy atom. The Morgan fingerprint density at radius 3 is 1.25 bits per heavy atom. The van der Waals surface area contributed by atoms with Gasteiger partial charge in [0.05, 0.1) is 0 Å². The highest BCUT2D eigenvalue weighted by molar-refractivity contribution is 5.46. The Hall–Kier alpha value is -2.82. The van der Waals surface area contributed by atoms with E-state index in [0.717, 1.165) is 11.5 Å². The van der Waals surface area contributed by atoms with Crippen LogP contribution in [-0.2, 0) is 20.3 Å². The summed E-state index contributed by atoms with van der Waals surface area (Å²) in [6.07, 6.45) is -0.525. The molecule has 0 aromatic heterocycles. The average Bonchev–Trinajstić information content (AvgIpc) is 2.85.